The quantitative estimate of drug-likeness (QED) is 0.811. The molecule has 18 heavy (non-hydrogen) atoms. The highest BCUT2D eigenvalue weighted by Gasteiger charge is 2.20. The molecule has 3 nitrogen and oxygen atoms in total. The van der Waals surface area contributed by atoms with Gasteiger partial charge in [-0.3, -0.25) is 4.98 Å². The number of pyridine rings is 1. The van der Waals surface area contributed by atoms with Gasteiger partial charge in [0.15, 0.2) is 0 Å². The Morgan fingerprint density at radius 1 is 1.22 bits per heavy atom. The summed E-state index contributed by atoms with van der Waals surface area (Å²) in [5.74, 6) is 0.315. The van der Waals surface area contributed by atoms with Crippen LogP contribution in [0.2, 0.25) is 0 Å². The van der Waals surface area contributed by atoms with Crippen LogP contribution in [0.4, 0.5) is 8.78 Å². The van der Waals surface area contributed by atoms with Gasteiger partial charge in [0.25, 0.3) is 6.43 Å². The topological polar surface area (TPSA) is 38.9 Å². The number of nitrogens with zero attached hydrogens (tertiary/aromatic N) is 2. The Labute approximate surface area is 104 Å². The molecule has 0 atom stereocenters. The standard InChI is InChI=1S/C13H14F2N2O/c1-13(2,3)10-7-18-12(17-10)9-4-8(11(14)15)5-16-6-9/h4-7,11H,1-3H3. The third-order valence-electron chi connectivity index (χ3n) is 2.53. The van der Waals surface area contributed by atoms with E-state index >= 15 is 0 Å². The molecule has 96 valence electrons. The first-order chi connectivity index (χ1) is 8.38. The largest absolute Gasteiger partial charge is 0.444 e. The Balaban J connectivity index is 2.37. The van der Waals surface area contributed by atoms with Crippen LogP contribution in [-0.2, 0) is 5.41 Å². The summed E-state index contributed by atoms with van der Waals surface area (Å²) in [5, 5.41) is 0. The lowest BCUT2D eigenvalue weighted by atomic mass is 9.93. The molecular weight excluding hydrogens is 238 g/mol. The Bertz CT molecular complexity index is 544. The van der Waals surface area contributed by atoms with Crippen molar-refractivity contribution in [3.8, 4) is 11.5 Å². The lowest BCUT2D eigenvalue weighted by molar-refractivity contribution is 0.151. The zero-order chi connectivity index (χ0) is 13.3. The van der Waals surface area contributed by atoms with E-state index < -0.39 is 6.43 Å². The third kappa shape index (κ3) is 2.55. The molecule has 0 aliphatic rings. The number of hydrogen-bond donors (Lipinski definition) is 0. The van der Waals surface area contributed by atoms with E-state index in [9.17, 15) is 8.78 Å². The molecule has 0 aliphatic carbocycles. The average molecular weight is 252 g/mol. The highest BCUT2D eigenvalue weighted by molar-refractivity contribution is 5.53. The second-order valence-corrected chi connectivity index (χ2v) is 5.10. The molecule has 0 spiro atoms. The molecule has 5 heteroatoms. The van der Waals surface area contributed by atoms with Crippen molar-refractivity contribution in [2.45, 2.75) is 32.6 Å². The summed E-state index contributed by atoms with van der Waals surface area (Å²) in [6, 6.07) is 1.34. The van der Waals surface area contributed by atoms with Crippen molar-refractivity contribution in [3.05, 3.63) is 36.0 Å². The van der Waals surface area contributed by atoms with Crippen molar-refractivity contribution in [1.29, 1.82) is 0 Å². The number of hydrogen-bond acceptors (Lipinski definition) is 3. The van der Waals surface area contributed by atoms with E-state index in [0.29, 0.717) is 11.5 Å². The first kappa shape index (κ1) is 12.7. The molecule has 2 aromatic rings. The first-order valence-electron chi connectivity index (χ1n) is 5.57. The third-order valence-corrected chi connectivity index (χ3v) is 2.53. The van der Waals surface area contributed by atoms with Gasteiger partial charge in [0, 0.05) is 23.4 Å². The van der Waals surface area contributed by atoms with Crippen molar-refractivity contribution < 1.29 is 13.2 Å². The average Bonchev–Trinajstić information content (AvgIpc) is 2.78. The molecule has 0 bridgehead atoms. The van der Waals surface area contributed by atoms with Crippen LogP contribution in [0.25, 0.3) is 11.5 Å². The van der Waals surface area contributed by atoms with Gasteiger partial charge >= 0.3 is 0 Å². The molecule has 2 rings (SSSR count). The van der Waals surface area contributed by atoms with Gasteiger partial charge in [-0.2, -0.15) is 0 Å². The zero-order valence-electron chi connectivity index (χ0n) is 10.4. The van der Waals surface area contributed by atoms with Crippen molar-refractivity contribution >= 4 is 0 Å². The van der Waals surface area contributed by atoms with Crippen LogP contribution in [-0.4, -0.2) is 9.97 Å². The second-order valence-electron chi connectivity index (χ2n) is 5.10. The summed E-state index contributed by atoms with van der Waals surface area (Å²) in [6.07, 6.45) is 1.60. The van der Waals surface area contributed by atoms with Gasteiger partial charge in [0.2, 0.25) is 5.89 Å². The van der Waals surface area contributed by atoms with Crippen LogP contribution >= 0.6 is 0 Å². The molecule has 0 N–H and O–H groups in total. The fourth-order valence-electron chi connectivity index (χ4n) is 1.44. The maximum atomic E-state index is 12.6. The van der Waals surface area contributed by atoms with Gasteiger partial charge in [-0.05, 0) is 6.07 Å². The zero-order valence-corrected chi connectivity index (χ0v) is 10.4. The first-order valence-corrected chi connectivity index (χ1v) is 5.57. The number of alkyl halides is 2. The van der Waals surface area contributed by atoms with E-state index in [2.05, 4.69) is 9.97 Å². The van der Waals surface area contributed by atoms with Gasteiger partial charge in [-0.15, -0.1) is 0 Å². The predicted molar refractivity (Wildman–Crippen MR) is 63.4 cm³/mol. The normalized spacial score (nSPS) is 12.1. The van der Waals surface area contributed by atoms with E-state index in [1.165, 1.54) is 12.3 Å². The Morgan fingerprint density at radius 3 is 2.50 bits per heavy atom. The summed E-state index contributed by atoms with van der Waals surface area (Å²) < 4.78 is 30.4. The number of halogens is 2. The summed E-state index contributed by atoms with van der Waals surface area (Å²) in [4.78, 5) is 8.07. The summed E-state index contributed by atoms with van der Waals surface area (Å²) >= 11 is 0. The van der Waals surface area contributed by atoms with Gasteiger partial charge in [0.1, 0.15) is 6.26 Å². The second kappa shape index (κ2) is 4.48. The minimum Gasteiger partial charge on any atom is -0.444 e. The van der Waals surface area contributed by atoms with Crippen LogP contribution in [0.15, 0.2) is 29.1 Å². The number of rotatable bonds is 2. The van der Waals surface area contributed by atoms with Crippen LogP contribution in [0.5, 0.6) is 0 Å². The fourth-order valence-corrected chi connectivity index (χ4v) is 1.44. The molecule has 0 aliphatic heterocycles. The summed E-state index contributed by atoms with van der Waals surface area (Å²) in [7, 11) is 0. The van der Waals surface area contributed by atoms with Crippen LogP contribution in [0.1, 0.15) is 38.5 Å². The van der Waals surface area contributed by atoms with Gasteiger partial charge in [-0.25, -0.2) is 13.8 Å². The van der Waals surface area contributed by atoms with Crippen LogP contribution in [0, 0.1) is 0 Å². The van der Waals surface area contributed by atoms with E-state index in [0.717, 1.165) is 11.9 Å². The Hall–Kier alpha value is -1.78. The molecule has 0 saturated carbocycles. The van der Waals surface area contributed by atoms with Gasteiger partial charge < -0.3 is 4.42 Å². The minimum atomic E-state index is -2.55. The molecule has 0 amide bonds. The molecule has 0 radical (unpaired) electrons. The van der Waals surface area contributed by atoms with Crippen molar-refractivity contribution in [2.24, 2.45) is 0 Å². The van der Waals surface area contributed by atoms with Gasteiger partial charge in [-0.1, -0.05) is 20.8 Å². The van der Waals surface area contributed by atoms with Crippen molar-refractivity contribution in [1.82, 2.24) is 9.97 Å². The number of oxazole rings is 1. The predicted octanol–water partition coefficient (Wildman–Crippen LogP) is 3.97. The number of aromatic nitrogens is 2. The molecule has 0 saturated heterocycles. The van der Waals surface area contributed by atoms with E-state index in [1.807, 2.05) is 20.8 Å². The molecule has 0 fully saturated rings. The van der Waals surface area contributed by atoms with Crippen molar-refractivity contribution in [2.75, 3.05) is 0 Å². The van der Waals surface area contributed by atoms with Crippen molar-refractivity contribution in [3.63, 3.8) is 0 Å². The Kier molecular flexibility index (Phi) is 3.15. The molecular formula is C13H14F2N2O. The lowest BCUT2D eigenvalue weighted by Crippen LogP contribution is -2.11. The molecule has 0 unspecified atom stereocenters. The maximum Gasteiger partial charge on any atom is 0.265 e. The summed E-state index contributed by atoms with van der Waals surface area (Å²) in [6.45, 7) is 6.01. The maximum absolute atomic E-state index is 12.6. The van der Waals surface area contributed by atoms with Crippen LogP contribution in [0.3, 0.4) is 0 Å². The fraction of sp³-hybridized carbons (Fsp3) is 0.385. The van der Waals surface area contributed by atoms with Crippen LogP contribution < -0.4 is 0 Å². The lowest BCUT2D eigenvalue weighted by Gasteiger charge is -2.12. The summed E-state index contributed by atoms with van der Waals surface area (Å²) in [5.41, 5.74) is 0.960. The highest BCUT2D eigenvalue weighted by atomic mass is 19.3. The smallest absolute Gasteiger partial charge is 0.265 e. The SMILES string of the molecule is CC(C)(C)c1coc(-c2cncc(C(F)F)c2)n1. The minimum absolute atomic E-state index is 0.136. The molecule has 2 heterocycles. The van der Waals surface area contributed by atoms with E-state index in [-0.39, 0.29) is 11.0 Å². The monoisotopic (exact) mass is 252 g/mol. The molecule has 0 aromatic carbocycles. The van der Waals surface area contributed by atoms with E-state index in [1.54, 1.807) is 6.26 Å². The van der Waals surface area contributed by atoms with E-state index in [4.69, 9.17) is 4.42 Å². The Morgan fingerprint density at radius 2 is 1.94 bits per heavy atom. The highest BCUT2D eigenvalue weighted by Crippen LogP contribution is 2.27. The van der Waals surface area contributed by atoms with Gasteiger partial charge in [0.05, 0.1) is 11.3 Å². The molecule has 2 aromatic heterocycles.